The van der Waals surface area contributed by atoms with E-state index in [0.29, 0.717) is 35.1 Å². The molecule has 2 aromatic rings. The number of benzene rings is 2. The molecule has 0 radical (unpaired) electrons. The highest BCUT2D eigenvalue weighted by molar-refractivity contribution is 6.21. The second kappa shape index (κ2) is 7.72. The summed E-state index contributed by atoms with van der Waals surface area (Å²) in [7, 11) is 0. The maximum absolute atomic E-state index is 13.4. The molecule has 3 heterocycles. The number of likely N-dealkylation sites (tertiary alicyclic amines) is 1. The van der Waals surface area contributed by atoms with Gasteiger partial charge in [0.15, 0.2) is 11.5 Å². The molecule has 0 bridgehead atoms. The van der Waals surface area contributed by atoms with Crippen LogP contribution in [0, 0.1) is 11.7 Å². The van der Waals surface area contributed by atoms with Crippen LogP contribution in [0.15, 0.2) is 36.4 Å². The smallest absolute Gasteiger partial charge is 0.261 e. The van der Waals surface area contributed by atoms with E-state index in [2.05, 4.69) is 4.90 Å². The van der Waals surface area contributed by atoms with Gasteiger partial charge in [0.1, 0.15) is 5.82 Å². The number of hydrogen-bond acceptors (Lipinski definition) is 5. The molecular weight excluding hydrogens is 387 g/mol. The first-order valence-electron chi connectivity index (χ1n) is 10.3. The van der Waals surface area contributed by atoms with Crippen molar-refractivity contribution in [3.63, 3.8) is 0 Å². The zero-order valence-corrected chi connectivity index (χ0v) is 16.6. The summed E-state index contributed by atoms with van der Waals surface area (Å²) in [6.45, 7) is 3.16. The summed E-state index contributed by atoms with van der Waals surface area (Å²) in [4.78, 5) is 29.1. The molecule has 3 aliphatic rings. The fourth-order valence-electron chi connectivity index (χ4n) is 4.52. The first-order valence-corrected chi connectivity index (χ1v) is 10.3. The summed E-state index contributed by atoms with van der Waals surface area (Å²) >= 11 is 0. The zero-order chi connectivity index (χ0) is 20.7. The van der Waals surface area contributed by atoms with Crippen LogP contribution >= 0.6 is 0 Å². The largest absolute Gasteiger partial charge is 0.454 e. The Kier molecular flexibility index (Phi) is 4.90. The molecule has 0 N–H and O–H groups in total. The molecule has 1 fully saturated rings. The van der Waals surface area contributed by atoms with Crippen molar-refractivity contribution in [1.82, 2.24) is 9.80 Å². The molecule has 0 aromatic heterocycles. The van der Waals surface area contributed by atoms with Crippen LogP contribution in [0.25, 0.3) is 0 Å². The molecule has 0 atom stereocenters. The van der Waals surface area contributed by atoms with E-state index in [-0.39, 0.29) is 24.4 Å². The van der Waals surface area contributed by atoms with Gasteiger partial charge in [-0.15, -0.1) is 0 Å². The lowest BCUT2D eigenvalue weighted by Gasteiger charge is -2.32. The number of amides is 2. The molecule has 0 spiro atoms. The van der Waals surface area contributed by atoms with Gasteiger partial charge in [-0.2, -0.15) is 0 Å². The molecular formula is C23H23FN2O4. The van der Waals surface area contributed by atoms with Crippen molar-refractivity contribution in [1.29, 1.82) is 0 Å². The van der Waals surface area contributed by atoms with Crippen LogP contribution in [0.2, 0.25) is 0 Å². The predicted molar refractivity (Wildman–Crippen MR) is 107 cm³/mol. The molecule has 2 aromatic carbocycles. The third-order valence-corrected chi connectivity index (χ3v) is 6.23. The molecule has 30 heavy (non-hydrogen) atoms. The van der Waals surface area contributed by atoms with E-state index in [1.165, 1.54) is 11.0 Å². The fraction of sp³-hybridized carbons (Fsp3) is 0.391. The van der Waals surface area contributed by atoms with Crippen molar-refractivity contribution >= 4 is 11.8 Å². The quantitative estimate of drug-likeness (QED) is 0.707. The van der Waals surface area contributed by atoms with Gasteiger partial charge in [0, 0.05) is 13.1 Å². The summed E-state index contributed by atoms with van der Waals surface area (Å²) in [6, 6.07) is 9.96. The van der Waals surface area contributed by atoms with Gasteiger partial charge in [-0.25, -0.2) is 4.39 Å². The number of fused-ring (bicyclic) bond motifs is 2. The van der Waals surface area contributed by atoms with Crippen molar-refractivity contribution in [2.45, 2.75) is 25.8 Å². The second-order valence-electron chi connectivity index (χ2n) is 8.15. The van der Waals surface area contributed by atoms with Crippen molar-refractivity contribution in [2.75, 3.05) is 26.4 Å². The van der Waals surface area contributed by atoms with Crippen molar-refractivity contribution in [2.24, 2.45) is 5.92 Å². The van der Waals surface area contributed by atoms with E-state index in [1.807, 2.05) is 6.07 Å². The molecule has 156 valence electrons. The highest BCUT2D eigenvalue weighted by Crippen LogP contribution is 2.38. The molecule has 7 heteroatoms. The molecule has 0 saturated carbocycles. The molecule has 0 aliphatic carbocycles. The van der Waals surface area contributed by atoms with Gasteiger partial charge in [0.2, 0.25) is 6.79 Å². The van der Waals surface area contributed by atoms with Crippen LogP contribution < -0.4 is 9.47 Å². The number of carbonyl (C=O) groups excluding carboxylic acids is 2. The Balaban J connectivity index is 1.15. The normalized spacial score (nSPS) is 18.9. The van der Waals surface area contributed by atoms with Gasteiger partial charge >= 0.3 is 0 Å². The topological polar surface area (TPSA) is 59.1 Å². The Hall–Kier alpha value is -2.93. The maximum Gasteiger partial charge on any atom is 0.261 e. The van der Waals surface area contributed by atoms with Gasteiger partial charge in [-0.05, 0) is 68.1 Å². The highest BCUT2D eigenvalue weighted by Gasteiger charge is 2.38. The SMILES string of the molecule is O=C1c2cc3c(cc2C(=O)N1CCC1CCN(Cc2cccc(F)c2)CC1)OCO3. The number of piperidine rings is 1. The Morgan fingerprint density at radius 3 is 2.27 bits per heavy atom. The van der Waals surface area contributed by atoms with Crippen LogP contribution in [0.5, 0.6) is 11.5 Å². The Morgan fingerprint density at radius 1 is 0.967 bits per heavy atom. The lowest BCUT2D eigenvalue weighted by Crippen LogP contribution is -2.36. The Labute approximate surface area is 174 Å². The summed E-state index contributed by atoms with van der Waals surface area (Å²) < 4.78 is 24.0. The molecule has 1 saturated heterocycles. The second-order valence-corrected chi connectivity index (χ2v) is 8.15. The summed E-state index contributed by atoms with van der Waals surface area (Å²) in [5.41, 5.74) is 1.78. The molecule has 3 aliphatic heterocycles. The summed E-state index contributed by atoms with van der Waals surface area (Å²) in [5.74, 6) is 0.792. The fourth-order valence-corrected chi connectivity index (χ4v) is 4.52. The van der Waals surface area contributed by atoms with E-state index >= 15 is 0 Å². The minimum absolute atomic E-state index is 0.113. The van der Waals surface area contributed by atoms with E-state index < -0.39 is 0 Å². The van der Waals surface area contributed by atoms with Crippen molar-refractivity contribution in [3.8, 4) is 11.5 Å². The number of ether oxygens (including phenoxy) is 2. The van der Waals surface area contributed by atoms with Crippen LogP contribution in [0.3, 0.4) is 0 Å². The van der Waals surface area contributed by atoms with Gasteiger partial charge in [-0.1, -0.05) is 12.1 Å². The van der Waals surface area contributed by atoms with Gasteiger partial charge in [0.05, 0.1) is 11.1 Å². The Bertz CT molecular complexity index is 958. The van der Waals surface area contributed by atoms with Gasteiger partial charge in [0.25, 0.3) is 11.8 Å². The minimum Gasteiger partial charge on any atom is -0.454 e. The number of rotatable bonds is 5. The van der Waals surface area contributed by atoms with Crippen LogP contribution in [0.4, 0.5) is 4.39 Å². The number of halogens is 1. The summed E-state index contributed by atoms with van der Waals surface area (Å²) in [5, 5.41) is 0. The lowest BCUT2D eigenvalue weighted by atomic mass is 9.93. The average molecular weight is 410 g/mol. The van der Waals surface area contributed by atoms with Crippen molar-refractivity contribution in [3.05, 3.63) is 58.9 Å². The van der Waals surface area contributed by atoms with E-state index in [9.17, 15) is 14.0 Å². The third-order valence-electron chi connectivity index (χ3n) is 6.23. The van der Waals surface area contributed by atoms with Crippen LogP contribution in [-0.4, -0.2) is 48.0 Å². The number of imide groups is 1. The molecule has 0 unspecified atom stereocenters. The molecule has 5 rings (SSSR count). The van der Waals surface area contributed by atoms with Crippen LogP contribution in [-0.2, 0) is 6.54 Å². The molecule has 6 nitrogen and oxygen atoms in total. The van der Waals surface area contributed by atoms with Crippen molar-refractivity contribution < 1.29 is 23.5 Å². The maximum atomic E-state index is 13.4. The van der Waals surface area contributed by atoms with E-state index in [0.717, 1.165) is 44.5 Å². The van der Waals surface area contributed by atoms with Gasteiger partial charge in [-0.3, -0.25) is 19.4 Å². The molecule has 2 amide bonds. The van der Waals surface area contributed by atoms with Gasteiger partial charge < -0.3 is 9.47 Å². The zero-order valence-electron chi connectivity index (χ0n) is 16.6. The number of carbonyl (C=O) groups is 2. The lowest BCUT2D eigenvalue weighted by molar-refractivity contribution is 0.0635. The van der Waals surface area contributed by atoms with E-state index in [1.54, 1.807) is 24.3 Å². The predicted octanol–water partition coefficient (Wildman–Crippen LogP) is 3.45. The monoisotopic (exact) mass is 410 g/mol. The summed E-state index contributed by atoms with van der Waals surface area (Å²) in [6.07, 6.45) is 2.81. The van der Waals surface area contributed by atoms with Crippen LogP contribution in [0.1, 0.15) is 45.5 Å². The van der Waals surface area contributed by atoms with E-state index in [4.69, 9.17) is 9.47 Å². The highest BCUT2D eigenvalue weighted by atomic mass is 19.1. The first kappa shape index (κ1) is 19.1. The average Bonchev–Trinajstić information content (AvgIpc) is 3.29. The Morgan fingerprint density at radius 2 is 1.63 bits per heavy atom. The first-order chi connectivity index (χ1) is 14.6. The third kappa shape index (κ3) is 3.54. The number of nitrogens with zero attached hydrogens (tertiary/aromatic N) is 2. The minimum atomic E-state index is -0.253. The number of hydrogen-bond donors (Lipinski definition) is 0. The standard InChI is InChI=1S/C23H23FN2O4/c24-17-3-1-2-16(10-17)13-25-7-4-15(5-8-25)6-9-26-22(27)18-11-20-21(30-14-29-20)12-19(18)23(26)28/h1-3,10-12,15H,4-9,13-14H2.